The number of halogens is 1. The van der Waals surface area contributed by atoms with Crippen LogP contribution in [0.1, 0.15) is 89.6 Å². The van der Waals surface area contributed by atoms with Crippen LogP contribution in [0, 0.1) is 34.0 Å². The Morgan fingerprint density at radius 3 is 2.26 bits per heavy atom. The predicted molar refractivity (Wildman–Crippen MR) is 176 cm³/mol. The molecular formula is C36H44ClN5O4. The van der Waals surface area contributed by atoms with Gasteiger partial charge in [-0.3, -0.25) is 9.69 Å². The first-order valence-electron chi connectivity index (χ1n) is 15.8. The molecule has 2 aliphatic heterocycles. The Hall–Kier alpha value is -3.79. The lowest BCUT2D eigenvalue weighted by molar-refractivity contribution is -0.199. The van der Waals surface area contributed by atoms with E-state index < -0.39 is 11.1 Å². The molecule has 244 valence electrons. The molecule has 3 aliphatic rings. The normalized spacial score (nSPS) is 22.2. The lowest BCUT2D eigenvalue weighted by Crippen LogP contribution is -2.74. The molecule has 3 heterocycles. The van der Waals surface area contributed by atoms with Crippen molar-refractivity contribution in [2.24, 2.45) is 10.8 Å². The maximum atomic E-state index is 13.7. The largest absolute Gasteiger partial charge is 0.489 e. The molecular weight excluding hydrogens is 602 g/mol. The van der Waals surface area contributed by atoms with Crippen molar-refractivity contribution in [3.8, 4) is 23.7 Å². The monoisotopic (exact) mass is 645 g/mol. The molecule has 2 aromatic rings. The minimum atomic E-state index is -0.521. The van der Waals surface area contributed by atoms with Gasteiger partial charge in [0.05, 0.1) is 33.9 Å². The standard InChI is InChI=1S/C36H44ClN5O4/c1-33(2,3)46-32(44)40-16-18-41(19-17-40)34(4,5)15-14-24-11-13-26-28(39-24)22-42(29(26)43)30-35(6,7)31(36(30,8)9)45-25-12-10-23(21-38)27(37)20-25/h10-13,20,30-31H,16-19,22H2,1-9H3/t30-,31-. The number of aromatic nitrogens is 1. The SMILES string of the molecule is CC(C)(C)OC(=O)N1CCN(C(C)(C)C#Cc2ccc3c(n2)CN([C@H]2C(C)(C)[C@H](Oc4ccc(C#N)c(Cl)c4)C2(C)C)C3=O)CC1. The fourth-order valence-corrected chi connectivity index (χ4v) is 7.78. The molecule has 0 radical (unpaired) electrons. The van der Waals surface area contributed by atoms with E-state index in [4.69, 9.17) is 26.1 Å². The van der Waals surface area contributed by atoms with Crippen LogP contribution in [0.2, 0.25) is 5.02 Å². The molecule has 0 atom stereocenters. The molecule has 2 amide bonds. The van der Waals surface area contributed by atoms with Gasteiger partial charge in [-0.05, 0) is 64.8 Å². The number of piperazine rings is 1. The van der Waals surface area contributed by atoms with Crippen LogP contribution in [0.4, 0.5) is 4.79 Å². The molecule has 9 nitrogen and oxygen atoms in total. The van der Waals surface area contributed by atoms with Gasteiger partial charge in [0.25, 0.3) is 5.91 Å². The van der Waals surface area contributed by atoms with Gasteiger partial charge in [-0.1, -0.05) is 45.2 Å². The van der Waals surface area contributed by atoms with Gasteiger partial charge in [-0.15, -0.1) is 0 Å². The Labute approximate surface area is 277 Å². The third-order valence-electron chi connectivity index (χ3n) is 9.39. The number of nitrogens with zero attached hydrogens (tertiary/aromatic N) is 5. The molecule has 1 saturated heterocycles. The number of pyridine rings is 1. The smallest absolute Gasteiger partial charge is 0.410 e. The number of amides is 2. The quantitative estimate of drug-likeness (QED) is 0.369. The second-order valence-corrected chi connectivity index (χ2v) is 15.6. The molecule has 46 heavy (non-hydrogen) atoms. The van der Waals surface area contributed by atoms with Crippen molar-refractivity contribution in [3.05, 3.63) is 57.9 Å². The van der Waals surface area contributed by atoms with Crippen LogP contribution in [0.3, 0.4) is 0 Å². The van der Waals surface area contributed by atoms with Gasteiger partial charge >= 0.3 is 6.09 Å². The summed E-state index contributed by atoms with van der Waals surface area (Å²) in [4.78, 5) is 36.9. The maximum Gasteiger partial charge on any atom is 0.410 e. The van der Waals surface area contributed by atoms with Crippen LogP contribution in [-0.4, -0.2) is 81.1 Å². The van der Waals surface area contributed by atoms with E-state index in [9.17, 15) is 14.9 Å². The fraction of sp³-hybridized carbons (Fsp3) is 0.556. The highest BCUT2D eigenvalue weighted by atomic mass is 35.5. The van der Waals surface area contributed by atoms with Crippen molar-refractivity contribution in [2.45, 2.75) is 92.1 Å². The van der Waals surface area contributed by atoms with Gasteiger partial charge in [-0.25, -0.2) is 9.78 Å². The van der Waals surface area contributed by atoms with Crippen molar-refractivity contribution < 1.29 is 19.1 Å². The number of rotatable bonds is 4. The zero-order chi connectivity index (χ0) is 33.8. The van der Waals surface area contributed by atoms with E-state index in [1.165, 1.54) is 0 Å². The number of carbonyl (C=O) groups excluding carboxylic acids is 2. The summed E-state index contributed by atoms with van der Waals surface area (Å²) in [5.74, 6) is 7.21. The first-order valence-corrected chi connectivity index (χ1v) is 16.2. The zero-order valence-corrected chi connectivity index (χ0v) is 29.1. The average molecular weight is 646 g/mol. The van der Waals surface area contributed by atoms with Crippen LogP contribution >= 0.6 is 11.6 Å². The molecule has 10 heteroatoms. The zero-order valence-electron chi connectivity index (χ0n) is 28.3. The van der Waals surface area contributed by atoms with Crippen molar-refractivity contribution in [2.75, 3.05) is 26.2 Å². The Kier molecular flexibility index (Phi) is 8.60. The molecule has 2 fully saturated rings. The summed E-state index contributed by atoms with van der Waals surface area (Å²) in [6.07, 6.45) is -0.469. The van der Waals surface area contributed by atoms with Gasteiger partial charge in [0, 0.05) is 49.1 Å². The number of benzene rings is 1. The Morgan fingerprint density at radius 1 is 1.02 bits per heavy atom. The molecule has 0 bridgehead atoms. The van der Waals surface area contributed by atoms with Gasteiger partial charge in [0.15, 0.2) is 0 Å². The highest BCUT2D eigenvalue weighted by molar-refractivity contribution is 6.31. The molecule has 5 rings (SSSR count). The van der Waals surface area contributed by atoms with E-state index in [-0.39, 0.29) is 35.0 Å². The number of hydrogen-bond acceptors (Lipinski definition) is 7. The topological polar surface area (TPSA) is 99.0 Å². The summed E-state index contributed by atoms with van der Waals surface area (Å²) in [6, 6.07) is 10.7. The Balaban J connectivity index is 1.25. The number of fused-ring (bicyclic) bond motifs is 1. The summed E-state index contributed by atoms with van der Waals surface area (Å²) in [5, 5.41) is 9.57. The van der Waals surface area contributed by atoms with E-state index >= 15 is 0 Å². The third-order valence-corrected chi connectivity index (χ3v) is 9.70. The summed E-state index contributed by atoms with van der Waals surface area (Å²) >= 11 is 6.26. The number of hydrogen-bond donors (Lipinski definition) is 0. The van der Waals surface area contributed by atoms with E-state index in [2.05, 4.69) is 64.4 Å². The lowest BCUT2D eigenvalue weighted by atomic mass is 9.49. The van der Waals surface area contributed by atoms with Gasteiger partial charge < -0.3 is 19.3 Å². The van der Waals surface area contributed by atoms with Crippen molar-refractivity contribution in [1.82, 2.24) is 19.7 Å². The van der Waals surface area contributed by atoms with Crippen LogP contribution in [0.5, 0.6) is 5.75 Å². The van der Waals surface area contributed by atoms with Crippen LogP contribution < -0.4 is 4.74 Å². The molecule has 0 spiro atoms. The molecule has 1 aliphatic carbocycles. The Morgan fingerprint density at radius 2 is 1.67 bits per heavy atom. The molecule has 0 unspecified atom stereocenters. The van der Waals surface area contributed by atoms with Crippen molar-refractivity contribution in [3.63, 3.8) is 0 Å². The van der Waals surface area contributed by atoms with Crippen molar-refractivity contribution in [1.29, 1.82) is 5.26 Å². The average Bonchev–Trinajstić information content (AvgIpc) is 3.28. The predicted octanol–water partition coefficient (Wildman–Crippen LogP) is 6.13. The fourth-order valence-electron chi connectivity index (χ4n) is 7.56. The van der Waals surface area contributed by atoms with Crippen LogP contribution in [0.15, 0.2) is 30.3 Å². The van der Waals surface area contributed by atoms with E-state index in [0.717, 1.165) is 5.69 Å². The van der Waals surface area contributed by atoms with E-state index in [1.54, 1.807) is 23.1 Å². The Bertz CT molecular complexity index is 1630. The minimum absolute atomic E-state index is 0.0313. The summed E-state index contributed by atoms with van der Waals surface area (Å²) < 4.78 is 12.0. The van der Waals surface area contributed by atoms with Crippen LogP contribution in [-0.2, 0) is 11.3 Å². The van der Waals surface area contributed by atoms with Crippen molar-refractivity contribution >= 4 is 23.6 Å². The summed E-state index contributed by atoms with van der Waals surface area (Å²) in [7, 11) is 0. The van der Waals surface area contributed by atoms with Gasteiger partial charge in [0.2, 0.25) is 0 Å². The van der Waals surface area contributed by atoms with E-state index in [0.29, 0.717) is 60.3 Å². The molecule has 1 aromatic heterocycles. The molecule has 1 aromatic carbocycles. The second-order valence-electron chi connectivity index (χ2n) is 15.2. The third kappa shape index (κ3) is 6.28. The summed E-state index contributed by atoms with van der Waals surface area (Å²) in [6.45, 7) is 21.2. The number of nitriles is 1. The van der Waals surface area contributed by atoms with Crippen LogP contribution in [0.25, 0.3) is 0 Å². The van der Waals surface area contributed by atoms with E-state index in [1.807, 2.05) is 37.8 Å². The number of carbonyl (C=O) groups is 2. The minimum Gasteiger partial charge on any atom is -0.489 e. The van der Waals surface area contributed by atoms with Gasteiger partial charge in [-0.2, -0.15) is 5.26 Å². The maximum absolute atomic E-state index is 13.7. The first kappa shape index (κ1) is 33.6. The van der Waals surface area contributed by atoms with Gasteiger partial charge in [0.1, 0.15) is 29.2 Å². The summed E-state index contributed by atoms with van der Waals surface area (Å²) in [5.41, 5.74) is 0.693. The highest BCUT2D eigenvalue weighted by Gasteiger charge is 2.67. The first-order chi connectivity index (χ1) is 21.3. The molecule has 0 N–H and O–H groups in total. The second kappa shape index (κ2) is 11.8. The number of ether oxygens (including phenoxy) is 2. The molecule has 1 saturated carbocycles. The lowest BCUT2D eigenvalue weighted by Gasteiger charge is -2.65. The highest BCUT2D eigenvalue weighted by Crippen LogP contribution is 2.59.